The summed E-state index contributed by atoms with van der Waals surface area (Å²) < 4.78 is 4.99. The van der Waals surface area contributed by atoms with Crippen LogP contribution in [-0.4, -0.2) is 5.91 Å². The number of hydrogen-bond donors (Lipinski definition) is 0. The van der Waals surface area contributed by atoms with Crippen LogP contribution in [0.15, 0.2) is 27.9 Å². The number of aryl methyl sites for hydroxylation is 1. The second-order valence-corrected chi connectivity index (χ2v) is 2.29. The van der Waals surface area contributed by atoms with Crippen molar-refractivity contribution >= 4 is 12.0 Å². The Morgan fingerprint density at radius 2 is 2.54 bits per heavy atom. The van der Waals surface area contributed by atoms with Crippen molar-refractivity contribution in [2.45, 2.75) is 6.92 Å². The molecule has 0 radical (unpaired) electrons. The molecule has 1 amide bonds. The van der Waals surface area contributed by atoms with Crippen molar-refractivity contribution < 1.29 is 9.21 Å². The van der Waals surface area contributed by atoms with Crippen LogP contribution in [0.3, 0.4) is 0 Å². The van der Waals surface area contributed by atoms with E-state index in [1.54, 1.807) is 13.0 Å². The Balaban J connectivity index is 2.74. The first-order chi connectivity index (χ1) is 6.24. The maximum Gasteiger partial charge on any atom is 0.242 e. The minimum Gasteiger partial charge on any atom is -0.469 e. The lowest BCUT2D eigenvalue weighted by atomic mass is 10.2. The van der Waals surface area contributed by atoms with E-state index in [4.69, 9.17) is 9.95 Å². The van der Waals surface area contributed by atoms with Crippen LogP contribution < -0.4 is 0 Å². The van der Waals surface area contributed by atoms with Gasteiger partial charge in [0.1, 0.15) is 5.76 Å². The molecule has 0 aliphatic rings. The number of hydrogen-bond acceptors (Lipinski definition) is 2. The van der Waals surface area contributed by atoms with Gasteiger partial charge in [-0.25, -0.2) is 0 Å². The van der Waals surface area contributed by atoms with Crippen LogP contribution in [0.5, 0.6) is 0 Å². The summed E-state index contributed by atoms with van der Waals surface area (Å²) in [6, 6.07) is 1.72. The van der Waals surface area contributed by atoms with Crippen molar-refractivity contribution in [2.24, 2.45) is 5.11 Å². The number of carbonyl (C=O) groups excluding carboxylic acids is 1. The zero-order valence-electron chi connectivity index (χ0n) is 6.97. The Kier molecular flexibility index (Phi) is 2.89. The van der Waals surface area contributed by atoms with Crippen LogP contribution in [-0.2, 0) is 4.79 Å². The van der Waals surface area contributed by atoms with Crippen LogP contribution in [0.4, 0.5) is 0 Å². The average molecular weight is 177 g/mol. The van der Waals surface area contributed by atoms with Gasteiger partial charge in [-0.1, -0.05) is 0 Å². The van der Waals surface area contributed by atoms with Crippen molar-refractivity contribution in [2.75, 3.05) is 0 Å². The van der Waals surface area contributed by atoms with Crippen molar-refractivity contribution in [3.05, 3.63) is 40.2 Å². The Bertz CT molecular complexity index is 386. The third kappa shape index (κ3) is 2.50. The number of nitrogens with zero attached hydrogens (tertiary/aromatic N) is 3. The van der Waals surface area contributed by atoms with Crippen LogP contribution in [0.2, 0.25) is 0 Å². The van der Waals surface area contributed by atoms with Gasteiger partial charge in [0.2, 0.25) is 5.91 Å². The zero-order valence-corrected chi connectivity index (χ0v) is 6.97. The molecule has 0 aliphatic heterocycles. The molecule has 0 spiro atoms. The number of rotatable bonds is 2. The van der Waals surface area contributed by atoms with Crippen molar-refractivity contribution in [1.82, 2.24) is 0 Å². The van der Waals surface area contributed by atoms with Crippen molar-refractivity contribution in [1.29, 1.82) is 0 Å². The molecule has 5 heteroatoms. The van der Waals surface area contributed by atoms with Gasteiger partial charge in [0.25, 0.3) is 0 Å². The molecule has 1 heterocycles. The summed E-state index contributed by atoms with van der Waals surface area (Å²) in [4.78, 5) is 13.1. The van der Waals surface area contributed by atoms with Crippen LogP contribution in [0, 0.1) is 6.92 Å². The second-order valence-electron chi connectivity index (χ2n) is 2.29. The molecule has 66 valence electrons. The first kappa shape index (κ1) is 9.09. The third-order valence-electron chi connectivity index (χ3n) is 1.45. The highest BCUT2D eigenvalue weighted by Gasteiger charge is 1.96. The molecular formula is C8H7N3O2. The number of azide groups is 1. The molecule has 0 bridgehead atoms. The monoisotopic (exact) mass is 177 g/mol. The Hall–Kier alpha value is -2.00. The minimum atomic E-state index is -0.622. The van der Waals surface area contributed by atoms with Gasteiger partial charge in [0.15, 0.2) is 0 Å². The molecule has 1 rings (SSSR count). The second kappa shape index (κ2) is 4.13. The van der Waals surface area contributed by atoms with Gasteiger partial charge in [0.05, 0.1) is 6.26 Å². The van der Waals surface area contributed by atoms with E-state index in [9.17, 15) is 4.79 Å². The summed E-state index contributed by atoms with van der Waals surface area (Å²) in [6.07, 6.45) is 4.25. The van der Waals surface area contributed by atoms with Crippen molar-refractivity contribution in [3.8, 4) is 0 Å². The molecule has 0 saturated carbocycles. The maximum atomic E-state index is 10.7. The van der Waals surface area contributed by atoms with E-state index < -0.39 is 5.91 Å². The number of furan rings is 1. The summed E-state index contributed by atoms with van der Waals surface area (Å²) in [6.45, 7) is 1.78. The molecule has 13 heavy (non-hydrogen) atoms. The molecule has 0 aliphatic carbocycles. The molecule has 0 unspecified atom stereocenters. The van der Waals surface area contributed by atoms with Gasteiger partial charge in [-0.3, -0.25) is 4.79 Å². The Morgan fingerprint density at radius 3 is 3.08 bits per heavy atom. The van der Waals surface area contributed by atoms with E-state index in [0.29, 0.717) is 5.76 Å². The van der Waals surface area contributed by atoms with Crippen LogP contribution in [0.1, 0.15) is 11.3 Å². The topological polar surface area (TPSA) is 79.0 Å². The first-order valence-corrected chi connectivity index (χ1v) is 3.55. The molecule has 1 aromatic rings. The summed E-state index contributed by atoms with van der Waals surface area (Å²) >= 11 is 0. The lowest BCUT2D eigenvalue weighted by Gasteiger charge is -1.85. The Labute approximate surface area is 74.3 Å². The smallest absolute Gasteiger partial charge is 0.242 e. The van der Waals surface area contributed by atoms with E-state index in [1.165, 1.54) is 18.4 Å². The molecule has 0 saturated heterocycles. The largest absolute Gasteiger partial charge is 0.469 e. The molecular weight excluding hydrogens is 170 g/mol. The fourth-order valence-corrected chi connectivity index (χ4v) is 0.806. The maximum absolute atomic E-state index is 10.7. The van der Waals surface area contributed by atoms with E-state index in [1.807, 2.05) is 0 Å². The molecule has 0 fully saturated rings. The van der Waals surface area contributed by atoms with Gasteiger partial charge in [-0.15, -0.1) is 0 Å². The lowest BCUT2D eigenvalue weighted by molar-refractivity contribution is -0.113. The fourth-order valence-electron chi connectivity index (χ4n) is 0.806. The van der Waals surface area contributed by atoms with Gasteiger partial charge in [-0.05, 0) is 35.8 Å². The van der Waals surface area contributed by atoms with E-state index in [2.05, 4.69) is 10.0 Å². The van der Waals surface area contributed by atoms with Crippen LogP contribution in [0.25, 0.3) is 16.5 Å². The Morgan fingerprint density at radius 1 is 1.77 bits per heavy atom. The number of carbonyl (C=O) groups is 1. The highest BCUT2D eigenvalue weighted by molar-refractivity contribution is 5.92. The summed E-state index contributed by atoms with van der Waals surface area (Å²) in [5, 5.41) is 2.88. The molecule has 0 aromatic carbocycles. The molecule has 1 aromatic heterocycles. The van der Waals surface area contributed by atoms with Crippen LogP contribution >= 0.6 is 0 Å². The third-order valence-corrected chi connectivity index (χ3v) is 1.45. The predicted octanol–water partition coefficient (Wildman–Crippen LogP) is 2.44. The summed E-state index contributed by atoms with van der Waals surface area (Å²) in [7, 11) is 0. The standard InChI is InChI=1S/C8H7N3O2/c1-6-7(4-5-13-6)2-3-8(12)10-11-9/h2-5H,1H3/b3-2+. The van der Waals surface area contributed by atoms with E-state index in [0.717, 1.165) is 5.56 Å². The normalized spacial score (nSPS) is 9.92. The quantitative estimate of drug-likeness (QED) is 0.301. The average Bonchev–Trinajstić information content (AvgIpc) is 2.48. The molecule has 5 nitrogen and oxygen atoms in total. The van der Waals surface area contributed by atoms with Gasteiger partial charge >= 0.3 is 0 Å². The van der Waals surface area contributed by atoms with Crippen molar-refractivity contribution in [3.63, 3.8) is 0 Å². The predicted molar refractivity (Wildman–Crippen MR) is 46.6 cm³/mol. The summed E-state index contributed by atoms with van der Waals surface area (Å²) in [5.74, 6) is 0.0908. The lowest BCUT2D eigenvalue weighted by Crippen LogP contribution is -1.82. The zero-order chi connectivity index (χ0) is 9.68. The molecule has 0 N–H and O–H groups in total. The van der Waals surface area contributed by atoms with E-state index >= 15 is 0 Å². The number of amides is 1. The summed E-state index contributed by atoms with van der Waals surface area (Å²) in [5.41, 5.74) is 8.73. The highest BCUT2D eigenvalue weighted by Crippen LogP contribution is 2.10. The molecule has 0 atom stereocenters. The van der Waals surface area contributed by atoms with E-state index in [-0.39, 0.29) is 0 Å². The first-order valence-electron chi connectivity index (χ1n) is 3.55. The van der Waals surface area contributed by atoms with Gasteiger partial charge in [0, 0.05) is 10.5 Å². The highest BCUT2D eigenvalue weighted by atomic mass is 16.3. The van der Waals surface area contributed by atoms with Gasteiger partial charge in [-0.2, -0.15) is 0 Å². The van der Waals surface area contributed by atoms with Gasteiger partial charge < -0.3 is 4.42 Å². The SMILES string of the molecule is Cc1occc1/C=C/C(=O)N=[N+]=[N-]. The fraction of sp³-hybridized carbons (Fsp3) is 0.125. The minimum absolute atomic E-state index is 0.622.